The highest BCUT2D eigenvalue weighted by atomic mass is 16.8. The van der Waals surface area contributed by atoms with Crippen molar-refractivity contribution < 1.29 is 19.0 Å². The number of anilines is 2. The molecular weight excluding hydrogens is 500 g/mol. The molecule has 0 bridgehead atoms. The topological polar surface area (TPSA) is 142 Å². The Bertz CT molecular complexity index is 1340. The molecule has 0 spiro atoms. The van der Waals surface area contributed by atoms with Crippen molar-refractivity contribution >= 4 is 28.7 Å². The Morgan fingerprint density at radius 2 is 1.95 bits per heavy atom. The van der Waals surface area contributed by atoms with Crippen LogP contribution in [-0.2, 0) is 25.4 Å². The molecule has 2 aliphatic rings. The molecule has 4 heterocycles. The number of nitrogen functional groups attached to an aromatic ring is 1. The van der Waals surface area contributed by atoms with Gasteiger partial charge in [0.1, 0.15) is 24.1 Å². The molecule has 2 aliphatic heterocycles. The normalized spacial score (nSPS) is 24.3. The van der Waals surface area contributed by atoms with Gasteiger partial charge in [-0.3, -0.25) is 4.57 Å². The fourth-order valence-corrected chi connectivity index (χ4v) is 5.22. The van der Waals surface area contributed by atoms with Gasteiger partial charge in [0.05, 0.1) is 12.9 Å². The van der Waals surface area contributed by atoms with E-state index < -0.39 is 17.6 Å². The lowest BCUT2D eigenvalue weighted by molar-refractivity contribution is -0.205. The quantitative estimate of drug-likeness (QED) is 0.414. The van der Waals surface area contributed by atoms with Crippen molar-refractivity contribution in [2.45, 2.75) is 63.8 Å². The van der Waals surface area contributed by atoms with Crippen molar-refractivity contribution in [1.82, 2.24) is 29.7 Å². The minimum Gasteiger partial charge on any atom is -0.382 e. The average Bonchev–Trinajstić information content (AvgIpc) is 3.50. The number of benzene rings is 1. The van der Waals surface area contributed by atoms with Crippen LogP contribution < -0.4 is 16.4 Å². The summed E-state index contributed by atoms with van der Waals surface area (Å²) in [4.78, 5) is 27.4. The number of nitrogens with two attached hydrogens (primary N) is 1. The van der Waals surface area contributed by atoms with Gasteiger partial charge in [-0.25, -0.2) is 19.7 Å². The Hall–Kier alpha value is -3.32. The summed E-state index contributed by atoms with van der Waals surface area (Å²) in [6.07, 6.45) is 2.38. The number of carbonyl (C=O) groups excluding carboxylic acids is 1. The molecule has 210 valence electrons. The summed E-state index contributed by atoms with van der Waals surface area (Å²) in [6, 6.07) is 7.67. The summed E-state index contributed by atoms with van der Waals surface area (Å²) >= 11 is 0. The minimum absolute atomic E-state index is 0.0639. The largest absolute Gasteiger partial charge is 0.382 e. The molecule has 2 saturated heterocycles. The molecule has 0 radical (unpaired) electrons. The van der Waals surface area contributed by atoms with Crippen molar-refractivity contribution in [2.24, 2.45) is 0 Å². The second-order valence-corrected chi connectivity index (χ2v) is 11.8. The first-order valence-electron chi connectivity index (χ1n) is 13.2. The maximum atomic E-state index is 12.4. The summed E-state index contributed by atoms with van der Waals surface area (Å²) < 4.78 is 20.9. The number of aromatic nitrogens is 4. The van der Waals surface area contributed by atoms with Crippen LogP contribution in [0, 0.1) is 0 Å². The highest BCUT2D eigenvalue weighted by Crippen LogP contribution is 2.47. The first kappa shape index (κ1) is 27.3. The second-order valence-electron chi connectivity index (χ2n) is 11.8. The van der Waals surface area contributed by atoms with Crippen LogP contribution in [-0.4, -0.2) is 81.7 Å². The lowest BCUT2D eigenvalue weighted by atomic mass is 9.87. The lowest BCUT2D eigenvalue weighted by Gasteiger charge is -2.29. The number of rotatable bonds is 7. The fraction of sp³-hybridized carbons (Fsp3) is 0.556. The first-order chi connectivity index (χ1) is 18.4. The van der Waals surface area contributed by atoms with E-state index in [1.54, 1.807) is 6.33 Å². The van der Waals surface area contributed by atoms with Gasteiger partial charge in [-0.2, -0.15) is 0 Å². The van der Waals surface area contributed by atoms with Crippen molar-refractivity contribution in [3.8, 4) is 0 Å². The number of fused-ring (bicyclic) bond motifs is 2. The van der Waals surface area contributed by atoms with Crippen molar-refractivity contribution in [2.75, 3.05) is 44.3 Å². The van der Waals surface area contributed by atoms with Gasteiger partial charge in [0.25, 0.3) is 0 Å². The number of ether oxygens (including phenoxy) is 3. The molecule has 4 N–H and O–H groups in total. The van der Waals surface area contributed by atoms with E-state index in [9.17, 15) is 4.79 Å². The van der Waals surface area contributed by atoms with Gasteiger partial charge in [-0.05, 0) is 44.0 Å². The maximum absolute atomic E-state index is 12.4. The number of urea groups is 1. The van der Waals surface area contributed by atoms with E-state index in [0.717, 1.165) is 5.69 Å². The molecular formula is C27H38N8O4. The van der Waals surface area contributed by atoms with E-state index in [4.69, 9.17) is 19.9 Å². The minimum atomic E-state index is -0.939. The average molecular weight is 539 g/mol. The van der Waals surface area contributed by atoms with Gasteiger partial charge >= 0.3 is 6.03 Å². The zero-order valence-electron chi connectivity index (χ0n) is 23.4. The molecule has 3 atom stereocenters. The number of nitrogens with zero attached hydrogens (tertiary/aromatic N) is 5. The highest BCUT2D eigenvalue weighted by Gasteiger charge is 2.63. The van der Waals surface area contributed by atoms with Crippen LogP contribution in [0.25, 0.3) is 11.2 Å². The SMILES string of the molecule is CN(CCNC(=O)Nc1ccc(C(C)(C)C)cc1)C[C@H]1OC[C@@]2(n3cnc4c(N)ncnc43)OC(C)(C)O[C@H]12. The van der Waals surface area contributed by atoms with Crippen molar-refractivity contribution in [3.05, 3.63) is 42.5 Å². The third kappa shape index (κ3) is 5.42. The summed E-state index contributed by atoms with van der Waals surface area (Å²) in [7, 11) is 1.98. The van der Waals surface area contributed by atoms with Crippen LogP contribution in [0.5, 0.6) is 0 Å². The first-order valence-corrected chi connectivity index (χ1v) is 13.2. The molecule has 0 aliphatic carbocycles. The highest BCUT2D eigenvalue weighted by molar-refractivity contribution is 5.89. The zero-order chi connectivity index (χ0) is 28.0. The Kier molecular flexibility index (Phi) is 7.00. The molecule has 0 saturated carbocycles. The summed E-state index contributed by atoms with van der Waals surface area (Å²) in [5.74, 6) is -0.524. The van der Waals surface area contributed by atoms with Crippen LogP contribution in [0.1, 0.15) is 40.2 Å². The summed E-state index contributed by atoms with van der Waals surface area (Å²) in [5.41, 5.74) is 8.18. The predicted octanol–water partition coefficient (Wildman–Crippen LogP) is 2.66. The summed E-state index contributed by atoms with van der Waals surface area (Å²) in [5, 5.41) is 5.81. The molecule has 1 aromatic carbocycles. The lowest BCUT2D eigenvalue weighted by Crippen LogP contribution is -2.47. The Morgan fingerprint density at radius 3 is 2.67 bits per heavy atom. The van der Waals surface area contributed by atoms with Gasteiger partial charge in [-0.15, -0.1) is 0 Å². The maximum Gasteiger partial charge on any atom is 0.319 e. The molecule has 0 unspecified atom stereocenters. The number of imidazole rings is 1. The van der Waals surface area contributed by atoms with Crippen LogP contribution >= 0.6 is 0 Å². The van der Waals surface area contributed by atoms with Gasteiger partial charge < -0.3 is 35.5 Å². The molecule has 39 heavy (non-hydrogen) atoms. The van der Waals surface area contributed by atoms with Crippen LogP contribution in [0.2, 0.25) is 0 Å². The number of hydrogen-bond donors (Lipinski definition) is 3. The van der Waals surface area contributed by atoms with Crippen molar-refractivity contribution in [1.29, 1.82) is 0 Å². The Balaban J connectivity index is 1.18. The predicted molar refractivity (Wildman–Crippen MR) is 147 cm³/mol. The van der Waals surface area contributed by atoms with E-state index >= 15 is 0 Å². The Morgan fingerprint density at radius 1 is 1.21 bits per heavy atom. The van der Waals surface area contributed by atoms with Gasteiger partial charge in [-0.1, -0.05) is 32.9 Å². The second kappa shape index (κ2) is 10.0. The molecule has 2 amide bonds. The van der Waals surface area contributed by atoms with Gasteiger partial charge in [0.15, 0.2) is 17.3 Å². The third-order valence-corrected chi connectivity index (χ3v) is 7.17. The van der Waals surface area contributed by atoms with E-state index in [0.29, 0.717) is 36.6 Å². The van der Waals surface area contributed by atoms with Crippen molar-refractivity contribution in [3.63, 3.8) is 0 Å². The third-order valence-electron chi connectivity index (χ3n) is 7.17. The monoisotopic (exact) mass is 538 g/mol. The standard InChI is InChI=1S/C27H38N8O4/c1-25(2,3)17-7-9-18(10-8-17)33-24(36)29-11-12-34(6)13-19-21-27(14-37-19,39-26(4,5)38-21)35-16-32-20-22(28)30-15-31-23(20)35/h7-10,15-16,19,21H,11-14H2,1-6H3,(H2,28,30,31)(H2,29,33,36)/t19-,21-,27-/m1/s1. The molecule has 2 aromatic heterocycles. The van der Waals surface area contributed by atoms with E-state index in [1.165, 1.54) is 11.9 Å². The van der Waals surface area contributed by atoms with Crippen LogP contribution in [0.4, 0.5) is 16.3 Å². The van der Waals surface area contributed by atoms with Gasteiger partial charge in [0.2, 0.25) is 5.72 Å². The Labute approximate surface area is 228 Å². The van der Waals surface area contributed by atoms with Crippen LogP contribution in [0.15, 0.2) is 36.9 Å². The number of hydrogen-bond acceptors (Lipinski definition) is 9. The summed E-state index contributed by atoms with van der Waals surface area (Å²) in [6.45, 7) is 12.2. The molecule has 12 nitrogen and oxygen atoms in total. The molecule has 12 heteroatoms. The molecule has 2 fully saturated rings. The van der Waals surface area contributed by atoms with Gasteiger partial charge in [0, 0.05) is 25.3 Å². The fourth-order valence-electron chi connectivity index (χ4n) is 5.22. The van der Waals surface area contributed by atoms with E-state index in [1.807, 2.05) is 49.7 Å². The number of carbonyl (C=O) groups is 1. The smallest absolute Gasteiger partial charge is 0.319 e. The number of nitrogens with one attached hydrogen (secondary N) is 2. The molecule has 3 aromatic rings. The van der Waals surface area contributed by atoms with Crippen LogP contribution in [0.3, 0.4) is 0 Å². The molecule has 5 rings (SSSR count). The number of likely N-dealkylation sites (N-methyl/N-ethyl adjacent to an activating group) is 1. The van der Waals surface area contributed by atoms with E-state index in [-0.39, 0.29) is 24.2 Å². The van der Waals surface area contributed by atoms with E-state index in [2.05, 4.69) is 51.3 Å². The number of amides is 2. The zero-order valence-corrected chi connectivity index (χ0v) is 23.4.